The fraction of sp³-hybridized carbons (Fsp3) is 0.250. The quantitative estimate of drug-likeness (QED) is 0.882. The molecule has 4 nitrogen and oxygen atoms in total. The Morgan fingerprint density at radius 2 is 2.18 bits per heavy atom. The molecule has 2 aromatic rings. The summed E-state index contributed by atoms with van der Waals surface area (Å²) in [6.45, 7) is 1.83. The van der Waals surface area contributed by atoms with Gasteiger partial charge in [-0.2, -0.15) is 0 Å². The van der Waals surface area contributed by atoms with Gasteiger partial charge >= 0.3 is 5.97 Å². The number of carboxylic acid groups (broad SMARTS) is 1. The first-order chi connectivity index (χ1) is 8.07. The standard InChI is InChI=1S/C12H12ClNO3/c1-7-8-3-2-4-9(13)11(8)14(5-6-15)10(7)12(16)17/h2-4,15H,5-6H2,1H3,(H,16,17). The summed E-state index contributed by atoms with van der Waals surface area (Å²) in [5.74, 6) is -1.01. The number of aromatic carboxylic acids is 1. The van der Waals surface area contributed by atoms with Crippen molar-refractivity contribution in [3.05, 3.63) is 34.5 Å². The van der Waals surface area contributed by atoms with Crippen LogP contribution in [0.5, 0.6) is 0 Å². The predicted molar refractivity (Wildman–Crippen MR) is 65.7 cm³/mol. The van der Waals surface area contributed by atoms with Crippen molar-refractivity contribution in [1.29, 1.82) is 0 Å². The van der Waals surface area contributed by atoms with Crippen molar-refractivity contribution in [2.24, 2.45) is 0 Å². The van der Waals surface area contributed by atoms with Gasteiger partial charge in [0.2, 0.25) is 0 Å². The van der Waals surface area contributed by atoms with E-state index in [2.05, 4.69) is 0 Å². The van der Waals surface area contributed by atoms with Crippen molar-refractivity contribution < 1.29 is 15.0 Å². The van der Waals surface area contributed by atoms with Crippen LogP contribution in [-0.2, 0) is 6.54 Å². The average molecular weight is 254 g/mol. The van der Waals surface area contributed by atoms with E-state index >= 15 is 0 Å². The third kappa shape index (κ3) is 1.79. The summed E-state index contributed by atoms with van der Waals surface area (Å²) in [7, 11) is 0. The minimum atomic E-state index is -1.01. The average Bonchev–Trinajstić information content (AvgIpc) is 2.54. The molecular weight excluding hydrogens is 242 g/mol. The smallest absolute Gasteiger partial charge is 0.352 e. The van der Waals surface area contributed by atoms with Gasteiger partial charge in [0.25, 0.3) is 0 Å². The molecule has 0 unspecified atom stereocenters. The number of halogens is 1. The number of carboxylic acids is 1. The lowest BCUT2D eigenvalue weighted by atomic mass is 10.1. The van der Waals surface area contributed by atoms with Crippen LogP contribution in [0.15, 0.2) is 18.2 Å². The molecule has 0 bridgehead atoms. The lowest BCUT2D eigenvalue weighted by molar-refractivity contribution is 0.0683. The lowest BCUT2D eigenvalue weighted by Crippen LogP contribution is -2.11. The highest BCUT2D eigenvalue weighted by molar-refractivity contribution is 6.35. The third-order valence-electron chi connectivity index (χ3n) is 2.81. The summed E-state index contributed by atoms with van der Waals surface area (Å²) in [6, 6.07) is 5.33. The normalized spacial score (nSPS) is 11.0. The van der Waals surface area contributed by atoms with E-state index in [4.69, 9.17) is 16.7 Å². The van der Waals surface area contributed by atoms with Gasteiger partial charge in [0, 0.05) is 11.9 Å². The number of nitrogens with zero attached hydrogens (tertiary/aromatic N) is 1. The van der Waals surface area contributed by atoms with Crippen LogP contribution in [0.3, 0.4) is 0 Å². The largest absolute Gasteiger partial charge is 0.477 e. The van der Waals surface area contributed by atoms with Crippen LogP contribution < -0.4 is 0 Å². The van der Waals surface area contributed by atoms with Crippen LogP contribution in [0.4, 0.5) is 0 Å². The maximum atomic E-state index is 11.3. The number of rotatable bonds is 3. The van der Waals surface area contributed by atoms with Gasteiger partial charge in [0.15, 0.2) is 0 Å². The summed E-state index contributed by atoms with van der Waals surface area (Å²) in [6.07, 6.45) is 0. The predicted octanol–water partition coefficient (Wildman–Crippen LogP) is 2.29. The first-order valence-electron chi connectivity index (χ1n) is 5.19. The number of hydrogen-bond donors (Lipinski definition) is 2. The van der Waals surface area contributed by atoms with Gasteiger partial charge in [0.1, 0.15) is 5.69 Å². The fourth-order valence-electron chi connectivity index (χ4n) is 2.13. The lowest BCUT2D eigenvalue weighted by Gasteiger charge is -2.07. The van der Waals surface area contributed by atoms with E-state index in [1.807, 2.05) is 6.07 Å². The fourth-order valence-corrected chi connectivity index (χ4v) is 2.41. The second-order valence-corrected chi connectivity index (χ2v) is 4.20. The monoisotopic (exact) mass is 253 g/mol. The minimum Gasteiger partial charge on any atom is -0.477 e. The highest BCUT2D eigenvalue weighted by Gasteiger charge is 2.20. The molecule has 17 heavy (non-hydrogen) atoms. The van der Waals surface area contributed by atoms with Crippen molar-refractivity contribution in [3.8, 4) is 0 Å². The Morgan fingerprint density at radius 1 is 1.47 bits per heavy atom. The van der Waals surface area contributed by atoms with Gasteiger partial charge in [-0.3, -0.25) is 0 Å². The number of aliphatic hydroxyl groups excluding tert-OH is 1. The maximum Gasteiger partial charge on any atom is 0.352 e. The van der Waals surface area contributed by atoms with Gasteiger partial charge < -0.3 is 14.8 Å². The van der Waals surface area contributed by atoms with Gasteiger partial charge in [-0.15, -0.1) is 0 Å². The molecular formula is C12H12ClNO3. The second-order valence-electron chi connectivity index (χ2n) is 3.79. The number of para-hydroxylation sites is 1. The number of aromatic nitrogens is 1. The van der Waals surface area contributed by atoms with E-state index in [-0.39, 0.29) is 18.8 Å². The Balaban J connectivity index is 2.88. The van der Waals surface area contributed by atoms with E-state index < -0.39 is 5.97 Å². The van der Waals surface area contributed by atoms with E-state index in [1.54, 1.807) is 23.6 Å². The maximum absolute atomic E-state index is 11.3. The molecule has 1 heterocycles. The van der Waals surface area contributed by atoms with Crippen LogP contribution in [0, 0.1) is 6.92 Å². The third-order valence-corrected chi connectivity index (χ3v) is 3.12. The van der Waals surface area contributed by atoms with Crippen LogP contribution in [0.1, 0.15) is 16.1 Å². The molecule has 1 aromatic carbocycles. The SMILES string of the molecule is Cc1c(C(=O)O)n(CCO)c2c(Cl)cccc12. The van der Waals surface area contributed by atoms with Crippen molar-refractivity contribution in [3.63, 3.8) is 0 Å². The van der Waals surface area contributed by atoms with Gasteiger partial charge in [-0.05, 0) is 18.6 Å². The highest BCUT2D eigenvalue weighted by Crippen LogP contribution is 2.30. The molecule has 0 atom stereocenters. The number of benzene rings is 1. The highest BCUT2D eigenvalue weighted by atomic mass is 35.5. The van der Waals surface area contributed by atoms with Gasteiger partial charge in [-0.1, -0.05) is 23.7 Å². The van der Waals surface area contributed by atoms with E-state index in [1.165, 1.54) is 0 Å². The Bertz CT molecular complexity index is 589. The zero-order valence-corrected chi connectivity index (χ0v) is 10.0. The summed E-state index contributed by atoms with van der Waals surface area (Å²) in [5, 5.41) is 19.5. The molecule has 0 spiro atoms. The van der Waals surface area contributed by atoms with Crippen molar-refractivity contribution in [2.45, 2.75) is 13.5 Å². The molecule has 0 saturated heterocycles. The molecule has 1 aromatic heterocycles. The van der Waals surface area contributed by atoms with Crippen LogP contribution in [-0.4, -0.2) is 27.4 Å². The molecule has 0 fully saturated rings. The first kappa shape index (κ1) is 12.0. The Kier molecular flexibility index (Phi) is 3.09. The van der Waals surface area contributed by atoms with E-state index in [0.717, 1.165) is 5.39 Å². The number of fused-ring (bicyclic) bond motifs is 1. The molecule has 2 N–H and O–H groups in total. The molecule has 0 amide bonds. The minimum absolute atomic E-state index is 0.130. The first-order valence-corrected chi connectivity index (χ1v) is 5.57. The zero-order chi connectivity index (χ0) is 12.6. The number of aliphatic hydroxyl groups is 1. The Morgan fingerprint density at radius 3 is 2.76 bits per heavy atom. The van der Waals surface area contributed by atoms with Crippen molar-refractivity contribution in [2.75, 3.05) is 6.61 Å². The molecule has 90 valence electrons. The van der Waals surface area contributed by atoms with Crippen LogP contribution in [0.25, 0.3) is 10.9 Å². The number of carbonyl (C=O) groups is 1. The summed E-state index contributed by atoms with van der Waals surface area (Å²) >= 11 is 6.09. The molecule has 0 aliphatic carbocycles. The van der Waals surface area contributed by atoms with Gasteiger partial charge in [-0.25, -0.2) is 4.79 Å². The number of hydrogen-bond acceptors (Lipinski definition) is 2. The zero-order valence-electron chi connectivity index (χ0n) is 9.27. The van der Waals surface area contributed by atoms with Crippen LogP contribution >= 0.6 is 11.6 Å². The molecule has 0 saturated carbocycles. The van der Waals surface area contributed by atoms with Crippen LogP contribution in [0.2, 0.25) is 5.02 Å². The van der Waals surface area contributed by atoms with Crippen molar-refractivity contribution in [1.82, 2.24) is 4.57 Å². The molecule has 2 rings (SSSR count). The molecule has 0 radical (unpaired) electrons. The second kappa shape index (κ2) is 4.39. The van der Waals surface area contributed by atoms with E-state index in [0.29, 0.717) is 16.1 Å². The Labute approximate surface area is 103 Å². The van der Waals surface area contributed by atoms with E-state index in [9.17, 15) is 9.90 Å². The summed E-state index contributed by atoms with van der Waals surface area (Å²) in [4.78, 5) is 11.3. The number of aryl methyl sites for hydroxylation is 1. The topological polar surface area (TPSA) is 62.5 Å². The summed E-state index contributed by atoms with van der Waals surface area (Å²) < 4.78 is 1.55. The molecule has 0 aliphatic heterocycles. The summed E-state index contributed by atoms with van der Waals surface area (Å²) in [5.41, 5.74) is 1.52. The molecule has 0 aliphatic rings. The van der Waals surface area contributed by atoms with Gasteiger partial charge in [0.05, 0.1) is 17.1 Å². The molecule has 5 heteroatoms. The Hall–Kier alpha value is -1.52. The van der Waals surface area contributed by atoms with Crippen molar-refractivity contribution >= 4 is 28.5 Å².